The molecule has 3 atom stereocenters. The Balaban J connectivity index is 2.01. The number of aliphatic hydroxyl groups is 1. The molecule has 2 amide bonds. The van der Waals surface area contributed by atoms with Crippen LogP contribution in [0, 0.1) is 5.41 Å². The van der Waals surface area contributed by atoms with Gasteiger partial charge in [-0.15, -0.1) is 0 Å². The van der Waals surface area contributed by atoms with E-state index in [4.69, 9.17) is 4.52 Å². The summed E-state index contributed by atoms with van der Waals surface area (Å²) in [5.74, 6) is 0.109. The van der Waals surface area contributed by atoms with Crippen molar-refractivity contribution in [2.24, 2.45) is 5.41 Å². The third kappa shape index (κ3) is 7.69. The molecule has 2 rings (SSSR count). The Hall–Kier alpha value is -2.67. The number of amides is 2. The molecule has 0 aliphatic rings. The number of nitrogens with zero attached hydrogens (tertiary/aromatic N) is 1. The van der Waals surface area contributed by atoms with Crippen molar-refractivity contribution in [2.75, 3.05) is 5.32 Å². The molecule has 0 fully saturated rings. The van der Waals surface area contributed by atoms with Crippen LogP contribution in [0.15, 0.2) is 34.9 Å². The van der Waals surface area contributed by atoms with Crippen molar-refractivity contribution in [3.63, 3.8) is 0 Å². The number of hydrogen-bond acceptors (Lipinski definition) is 5. The van der Waals surface area contributed by atoms with Crippen LogP contribution in [0.1, 0.15) is 91.0 Å². The van der Waals surface area contributed by atoms with E-state index in [2.05, 4.69) is 67.8 Å². The lowest BCUT2D eigenvalue weighted by molar-refractivity contribution is -0.137. The average Bonchev–Trinajstić information content (AvgIpc) is 3.20. The fourth-order valence-electron chi connectivity index (χ4n) is 3.59. The number of aromatic nitrogens is 1. The maximum atomic E-state index is 12.8. The number of rotatable bonds is 9. The molecule has 7 nitrogen and oxygen atoms in total. The van der Waals surface area contributed by atoms with Crippen LogP contribution in [-0.2, 0) is 21.4 Å². The Morgan fingerprint density at radius 3 is 2.21 bits per heavy atom. The lowest BCUT2D eigenvalue weighted by atomic mass is 9.86. The van der Waals surface area contributed by atoms with E-state index >= 15 is 0 Å². The van der Waals surface area contributed by atoms with E-state index in [0.29, 0.717) is 24.4 Å². The Kier molecular flexibility index (Phi) is 9.06. The predicted molar refractivity (Wildman–Crippen MR) is 135 cm³/mol. The Morgan fingerprint density at radius 2 is 1.68 bits per heavy atom. The minimum Gasteiger partial charge on any atom is -0.383 e. The molecule has 2 aromatic rings. The van der Waals surface area contributed by atoms with Crippen LogP contribution in [0.5, 0.6) is 0 Å². The first-order chi connectivity index (χ1) is 15.7. The summed E-state index contributed by atoms with van der Waals surface area (Å²) in [6.45, 7) is 15.9. The van der Waals surface area contributed by atoms with Crippen LogP contribution in [-0.4, -0.2) is 34.2 Å². The molecule has 0 saturated carbocycles. The van der Waals surface area contributed by atoms with Gasteiger partial charge >= 0.3 is 0 Å². The van der Waals surface area contributed by atoms with E-state index in [1.54, 1.807) is 26.8 Å². The average molecular weight is 472 g/mol. The predicted octanol–water partition coefficient (Wildman–Crippen LogP) is 4.95. The van der Waals surface area contributed by atoms with Gasteiger partial charge in [-0.05, 0) is 34.8 Å². The highest BCUT2D eigenvalue weighted by Gasteiger charge is 2.32. The molecule has 0 saturated heterocycles. The molecular formula is C27H41N3O4. The Labute approximate surface area is 203 Å². The lowest BCUT2D eigenvalue weighted by Gasteiger charge is -2.26. The van der Waals surface area contributed by atoms with E-state index in [9.17, 15) is 14.7 Å². The highest BCUT2D eigenvalue weighted by molar-refractivity contribution is 5.97. The summed E-state index contributed by atoms with van der Waals surface area (Å²) in [6, 6.07) is 9.55. The molecule has 0 spiro atoms. The van der Waals surface area contributed by atoms with Gasteiger partial charge in [-0.1, -0.05) is 91.2 Å². The molecule has 0 aliphatic carbocycles. The zero-order chi connectivity index (χ0) is 25.7. The number of benzene rings is 1. The van der Waals surface area contributed by atoms with Crippen molar-refractivity contribution >= 4 is 17.6 Å². The largest absolute Gasteiger partial charge is 0.383 e. The number of carbonyl (C=O) groups is 2. The van der Waals surface area contributed by atoms with Crippen LogP contribution in [0.25, 0.3) is 0 Å². The van der Waals surface area contributed by atoms with Crippen LogP contribution < -0.4 is 10.6 Å². The van der Waals surface area contributed by atoms with E-state index < -0.39 is 23.5 Å². The zero-order valence-corrected chi connectivity index (χ0v) is 21.9. The molecule has 7 heteroatoms. The molecule has 1 aromatic heterocycles. The van der Waals surface area contributed by atoms with E-state index in [1.807, 2.05) is 6.92 Å². The van der Waals surface area contributed by atoms with E-state index in [0.717, 1.165) is 6.42 Å². The summed E-state index contributed by atoms with van der Waals surface area (Å²) < 4.78 is 5.49. The number of carbonyl (C=O) groups excluding carboxylic acids is 2. The Morgan fingerprint density at radius 1 is 1.06 bits per heavy atom. The number of nitrogens with one attached hydrogen (secondary N) is 2. The van der Waals surface area contributed by atoms with Gasteiger partial charge in [0.25, 0.3) is 0 Å². The first kappa shape index (κ1) is 27.6. The molecule has 3 N–H and O–H groups in total. The minimum atomic E-state index is -1.21. The molecule has 0 radical (unpaired) electrons. The van der Waals surface area contributed by atoms with Crippen molar-refractivity contribution in [3.8, 4) is 0 Å². The van der Waals surface area contributed by atoms with Gasteiger partial charge in [-0.3, -0.25) is 9.59 Å². The quantitative estimate of drug-likeness (QED) is 0.480. The maximum absolute atomic E-state index is 12.8. The first-order valence-electron chi connectivity index (χ1n) is 12.1. The van der Waals surface area contributed by atoms with Gasteiger partial charge in [-0.2, -0.15) is 0 Å². The normalized spacial score (nSPS) is 14.9. The second kappa shape index (κ2) is 11.2. The number of anilines is 1. The van der Waals surface area contributed by atoms with Gasteiger partial charge in [0.1, 0.15) is 17.9 Å². The van der Waals surface area contributed by atoms with Gasteiger partial charge in [0.15, 0.2) is 5.82 Å². The van der Waals surface area contributed by atoms with Gasteiger partial charge in [-0.25, -0.2) is 0 Å². The topological polar surface area (TPSA) is 104 Å². The molecule has 188 valence electrons. The standard InChI is InChI=1S/C27H41N3O4/c1-9-10-20(28-25(33)23(31)27(6,7)8)24(32)29-22-16-21(34-30-22)17(2)15-18-11-13-19(14-12-18)26(3,4)5/h11-14,16-17,20,23,31H,9-10,15H2,1-8H3,(H,28,33)(H,29,30,32). The van der Waals surface area contributed by atoms with Crippen LogP contribution in [0.4, 0.5) is 5.82 Å². The third-order valence-corrected chi connectivity index (χ3v) is 5.91. The lowest BCUT2D eigenvalue weighted by Crippen LogP contribution is -2.50. The van der Waals surface area contributed by atoms with Crippen LogP contribution in [0.3, 0.4) is 0 Å². The third-order valence-electron chi connectivity index (χ3n) is 5.91. The van der Waals surface area contributed by atoms with Crippen molar-refractivity contribution in [1.29, 1.82) is 0 Å². The summed E-state index contributed by atoms with van der Waals surface area (Å²) in [5.41, 5.74) is 1.98. The second-order valence-electron chi connectivity index (χ2n) is 11.3. The summed E-state index contributed by atoms with van der Waals surface area (Å²) in [5, 5.41) is 19.6. The van der Waals surface area contributed by atoms with Crippen LogP contribution >= 0.6 is 0 Å². The first-order valence-corrected chi connectivity index (χ1v) is 12.1. The van der Waals surface area contributed by atoms with Gasteiger partial charge in [0.05, 0.1) is 0 Å². The molecule has 1 heterocycles. The van der Waals surface area contributed by atoms with E-state index in [-0.39, 0.29) is 17.2 Å². The van der Waals surface area contributed by atoms with Crippen molar-refractivity contribution < 1.29 is 19.2 Å². The molecule has 3 unspecified atom stereocenters. The molecule has 1 aromatic carbocycles. The van der Waals surface area contributed by atoms with Crippen molar-refractivity contribution in [1.82, 2.24) is 10.5 Å². The maximum Gasteiger partial charge on any atom is 0.250 e. The zero-order valence-electron chi connectivity index (χ0n) is 21.9. The second-order valence-corrected chi connectivity index (χ2v) is 11.3. The van der Waals surface area contributed by atoms with E-state index in [1.165, 1.54) is 11.1 Å². The molecular weight excluding hydrogens is 430 g/mol. The van der Waals surface area contributed by atoms with Gasteiger partial charge in [0.2, 0.25) is 11.8 Å². The summed E-state index contributed by atoms with van der Waals surface area (Å²) >= 11 is 0. The fourth-order valence-corrected chi connectivity index (χ4v) is 3.59. The van der Waals surface area contributed by atoms with Crippen molar-refractivity contribution in [3.05, 3.63) is 47.2 Å². The molecule has 34 heavy (non-hydrogen) atoms. The smallest absolute Gasteiger partial charge is 0.250 e. The fraction of sp³-hybridized carbons (Fsp3) is 0.593. The highest BCUT2D eigenvalue weighted by Crippen LogP contribution is 2.26. The Bertz CT molecular complexity index is 951. The summed E-state index contributed by atoms with van der Waals surface area (Å²) in [6.07, 6.45) is 0.711. The highest BCUT2D eigenvalue weighted by atomic mass is 16.5. The van der Waals surface area contributed by atoms with Crippen molar-refractivity contribution in [2.45, 2.75) is 98.1 Å². The van der Waals surface area contributed by atoms with Gasteiger partial charge < -0.3 is 20.3 Å². The summed E-state index contributed by atoms with van der Waals surface area (Å²) in [4.78, 5) is 25.2. The molecule has 0 bridgehead atoms. The monoisotopic (exact) mass is 471 g/mol. The molecule has 0 aliphatic heterocycles. The van der Waals surface area contributed by atoms with Crippen LogP contribution in [0.2, 0.25) is 0 Å². The summed E-state index contributed by atoms with van der Waals surface area (Å²) in [7, 11) is 0. The number of hydrogen-bond donors (Lipinski definition) is 3. The minimum absolute atomic E-state index is 0.0757. The van der Waals surface area contributed by atoms with Gasteiger partial charge in [0, 0.05) is 12.0 Å². The SMILES string of the molecule is CCCC(NC(=O)C(O)C(C)(C)C)C(=O)Nc1cc(C(C)Cc2ccc(C(C)(C)C)cc2)on1. The number of aliphatic hydroxyl groups excluding tert-OH is 1.